The van der Waals surface area contributed by atoms with Crippen LogP contribution in [0.2, 0.25) is 0 Å². The molecule has 0 bridgehead atoms. The molecular formula is C67H129NO5. The molecule has 0 aliphatic rings. The quantitative estimate of drug-likeness (QED) is 0.0320. The van der Waals surface area contributed by atoms with Crippen molar-refractivity contribution in [3.63, 3.8) is 0 Å². The molecule has 0 aromatic rings. The molecule has 0 fully saturated rings. The Bertz CT molecular complexity index is 1140. The zero-order valence-electron chi connectivity index (χ0n) is 49.4. The molecule has 0 heterocycles. The van der Waals surface area contributed by atoms with Crippen LogP contribution < -0.4 is 5.32 Å². The van der Waals surface area contributed by atoms with Gasteiger partial charge in [-0.3, -0.25) is 9.59 Å². The third-order valence-corrected chi connectivity index (χ3v) is 15.5. The van der Waals surface area contributed by atoms with Crippen LogP contribution in [0.25, 0.3) is 0 Å². The minimum absolute atomic E-state index is 0.00441. The standard InChI is InChI=1S/C67H129NO5/c1-3-5-7-9-11-13-15-16-17-18-30-33-36-40-43-47-51-55-59-65(70)64(63-69)68-66(71)60-56-52-48-44-41-37-34-31-28-26-24-22-20-19-21-23-25-27-29-32-35-38-42-46-50-54-58-62-73-67(72)61-57-53-49-45-39-14-12-10-8-6-4-2/h10,12,19-20,64-65,69-70H,3-9,11,13-18,21-63H2,1-2H3,(H,68,71)/b12-10-,20-19-. The molecule has 0 aliphatic carbocycles. The summed E-state index contributed by atoms with van der Waals surface area (Å²) in [4.78, 5) is 24.5. The summed E-state index contributed by atoms with van der Waals surface area (Å²) in [5, 5.41) is 23.4. The van der Waals surface area contributed by atoms with Gasteiger partial charge >= 0.3 is 5.97 Å². The zero-order chi connectivity index (χ0) is 52.9. The van der Waals surface area contributed by atoms with Crippen LogP contribution in [-0.2, 0) is 14.3 Å². The van der Waals surface area contributed by atoms with Crippen molar-refractivity contribution in [2.75, 3.05) is 13.2 Å². The smallest absolute Gasteiger partial charge is 0.305 e. The number of esters is 1. The number of rotatable bonds is 62. The van der Waals surface area contributed by atoms with Gasteiger partial charge in [-0.05, 0) is 70.6 Å². The van der Waals surface area contributed by atoms with Crippen LogP contribution in [-0.4, -0.2) is 47.4 Å². The van der Waals surface area contributed by atoms with Gasteiger partial charge < -0.3 is 20.3 Å². The van der Waals surface area contributed by atoms with E-state index in [-0.39, 0.29) is 18.5 Å². The number of aliphatic hydroxyl groups excluding tert-OH is 2. The number of amides is 1. The summed E-state index contributed by atoms with van der Waals surface area (Å²) in [6.45, 7) is 4.94. The Hall–Kier alpha value is -1.66. The van der Waals surface area contributed by atoms with Crippen LogP contribution in [0.3, 0.4) is 0 Å². The van der Waals surface area contributed by atoms with Crippen LogP contribution in [0.4, 0.5) is 0 Å². The van der Waals surface area contributed by atoms with E-state index in [0.29, 0.717) is 25.9 Å². The second kappa shape index (κ2) is 62.9. The Kier molecular flexibility index (Phi) is 61.4. The highest BCUT2D eigenvalue weighted by molar-refractivity contribution is 5.76. The molecule has 0 saturated carbocycles. The third kappa shape index (κ3) is 59.4. The monoisotopic (exact) mass is 1030 g/mol. The summed E-state index contributed by atoms with van der Waals surface area (Å²) < 4.78 is 5.46. The number of unbranched alkanes of at least 4 members (excludes halogenated alkanes) is 47. The molecule has 0 rings (SSSR count). The van der Waals surface area contributed by atoms with E-state index in [1.165, 1.54) is 289 Å². The molecule has 0 aliphatic heterocycles. The summed E-state index contributed by atoms with van der Waals surface area (Å²) in [5.74, 6) is -0.0281. The maximum absolute atomic E-state index is 12.5. The van der Waals surface area contributed by atoms with Gasteiger partial charge in [0.15, 0.2) is 0 Å². The number of carbonyl (C=O) groups is 2. The van der Waals surface area contributed by atoms with Crippen molar-refractivity contribution in [1.82, 2.24) is 5.32 Å². The highest BCUT2D eigenvalue weighted by Gasteiger charge is 2.20. The summed E-state index contributed by atoms with van der Waals surface area (Å²) in [7, 11) is 0. The minimum Gasteiger partial charge on any atom is -0.466 e. The Morgan fingerprint density at radius 2 is 0.658 bits per heavy atom. The molecule has 73 heavy (non-hydrogen) atoms. The van der Waals surface area contributed by atoms with Crippen molar-refractivity contribution in [3.05, 3.63) is 24.3 Å². The van der Waals surface area contributed by atoms with Gasteiger partial charge in [0, 0.05) is 12.8 Å². The maximum Gasteiger partial charge on any atom is 0.305 e. The first-order valence-electron chi connectivity index (χ1n) is 33.1. The van der Waals surface area contributed by atoms with E-state index in [1.54, 1.807) is 0 Å². The van der Waals surface area contributed by atoms with Gasteiger partial charge in [0.1, 0.15) is 0 Å². The summed E-state index contributed by atoms with van der Waals surface area (Å²) in [6, 6.07) is -0.542. The molecule has 6 nitrogen and oxygen atoms in total. The third-order valence-electron chi connectivity index (χ3n) is 15.5. The Balaban J connectivity index is 3.39. The zero-order valence-corrected chi connectivity index (χ0v) is 49.4. The Morgan fingerprint density at radius 3 is 1.01 bits per heavy atom. The van der Waals surface area contributed by atoms with Gasteiger partial charge in [-0.15, -0.1) is 0 Å². The van der Waals surface area contributed by atoms with Crippen molar-refractivity contribution in [1.29, 1.82) is 0 Å². The van der Waals surface area contributed by atoms with Crippen LogP contribution in [0.15, 0.2) is 24.3 Å². The molecule has 0 spiro atoms. The normalized spacial score (nSPS) is 12.7. The predicted octanol–water partition coefficient (Wildman–Crippen LogP) is 21.0. The number of nitrogens with one attached hydrogen (secondary N) is 1. The van der Waals surface area contributed by atoms with E-state index in [2.05, 4.69) is 43.5 Å². The second-order valence-corrected chi connectivity index (χ2v) is 22.8. The molecule has 3 N–H and O–H groups in total. The van der Waals surface area contributed by atoms with E-state index < -0.39 is 12.1 Å². The Labute approximate surface area is 456 Å². The first kappa shape index (κ1) is 71.3. The summed E-state index contributed by atoms with van der Waals surface area (Å²) in [5.41, 5.74) is 0. The van der Waals surface area contributed by atoms with Crippen molar-refractivity contribution >= 4 is 11.9 Å². The molecule has 6 heteroatoms. The molecule has 0 saturated heterocycles. The summed E-state index contributed by atoms with van der Waals surface area (Å²) >= 11 is 0. The van der Waals surface area contributed by atoms with Crippen LogP contribution in [0.1, 0.15) is 367 Å². The lowest BCUT2D eigenvalue weighted by atomic mass is 10.0. The fourth-order valence-corrected chi connectivity index (χ4v) is 10.4. The number of aliphatic hydroxyl groups is 2. The van der Waals surface area contributed by atoms with E-state index in [1.807, 2.05) is 0 Å². The maximum atomic E-state index is 12.5. The van der Waals surface area contributed by atoms with E-state index >= 15 is 0 Å². The molecule has 1 amide bonds. The summed E-state index contributed by atoms with van der Waals surface area (Å²) in [6.07, 6.45) is 77.8. The fourth-order valence-electron chi connectivity index (χ4n) is 10.4. The molecule has 2 atom stereocenters. The number of ether oxygens (including phenoxy) is 1. The molecule has 0 radical (unpaired) electrons. The van der Waals surface area contributed by atoms with Gasteiger partial charge in [-0.1, -0.05) is 308 Å². The van der Waals surface area contributed by atoms with E-state index in [0.717, 1.165) is 44.9 Å². The predicted molar refractivity (Wildman–Crippen MR) is 320 cm³/mol. The molecule has 0 aromatic carbocycles. The van der Waals surface area contributed by atoms with E-state index in [4.69, 9.17) is 4.74 Å². The minimum atomic E-state index is -0.665. The number of carbonyl (C=O) groups excluding carboxylic acids is 2. The van der Waals surface area contributed by atoms with Gasteiger partial charge in [0.25, 0.3) is 0 Å². The number of hydrogen-bond acceptors (Lipinski definition) is 5. The molecule has 432 valence electrons. The second-order valence-electron chi connectivity index (χ2n) is 22.8. The SMILES string of the molecule is CCCC/C=C\CCCCCCCC(=O)OCCCCCCCCCCCCCC/C=C\CCCCCCCCCCCCCC(=O)NC(CO)C(O)CCCCCCCCCCCCCCCCCCCC. The lowest BCUT2D eigenvalue weighted by Gasteiger charge is -2.22. The van der Waals surface area contributed by atoms with Crippen molar-refractivity contribution in [2.45, 2.75) is 379 Å². The van der Waals surface area contributed by atoms with E-state index in [9.17, 15) is 19.8 Å². The highest BCUT2D eigenvalue weighted by atomic mass is 16.5. The first-order chi connectivity index (χ1) is 36.0. The van der Waals surface area contributed by atoms with Crippen LogP contribution in [0.5, 0.6) is 0 Å². The largest absolute Gasteiger partial charge is 0.466 e. The van der Waals surface area contributed by atoms with Crippen LogP contribution in [0, 0.1) is 0 Å². The molecule has 0 aromatic heterocycles. The number of hydrogen-bond donors (Lipinski definition) is 3. The van der Waals surface area contributed by atoms with Gasteiger partial charge in [0.2, 0.25) is 5.91 Å². The highest BCUT2D eigenvalue weighted by Crippen LogP contribution is 2.18. The molecular weight excluding hydrogens is 899 g/mol. The average Bonchev–Trinajstić information content (AvgIpc) is 3.39. The number of allylic oxidation sites excluding steroid dienone is 4. The van der Waals surface area contributed by atoms with Crippen molar-refractivity contribution < 1.29 is 24.5 Å². The first-order valence-corrected chi connectivity index (χ1v) is 33.1. The van der Waals surface area contributed by atoms with Crippen LogP contribution >= 0.6 is 0 Å². The van der Waals surface area contributed by atoms with Crippen molar-refractivity contribution in [3.8, 4) is 0 Å². The lowest BCUT2D eigenvalue weighted by molar-refractivity contribution is -0.143. The lowest BCUT2D eigenvalue weighted by Crippen LogP contribution is -2.45. The van der Waals surface area contributed by atoms with Crippen molar-refractivity contribution in [2.24, 2.45) is 0 Å². The van der Waals surface area contributed by atoms with Gasteiger partial charge in [-0.25, -0.2) is 0 Å². The molecule has 2 unspecified atom stereocenters. The van der Waals surface area contributed by atoms with Gasteiger partial charge in [-0.2, -0.15) is 0 Å². The van der Waals surface area contributed by atoms with Gasteiger partial charge in [0.05, 0.1) is 25.4 Å². The average molecular weight is 1030 g/mol. The Morgan fingerprint density at radius 1 is 0.370 bits per heavy atom. The topological polar surface area (TPSA) is 95.9 Å². The fraction of sp³-hybridized carbons (Fsp3) is 0.910.